The molecule has 150 valence electrons. The number of imidazole rings is 1. The van der Waals surface area contributed by atoms with Crippen LogP contribution < -0.4 is 5.32 Å². The minimum Gasteiger partial charge on any atom is -0.383 e. The number of aryl methyl sites for hydroxylation is 1. The molecule has 7 nitrogen and oxygen atoms in total. The van der Waals surface area contributed by atoms with Gasteiger partial charge in [0.05, 0.1) is 18.6 Å². The molecule has 29 heavy (non-hydrogen) atoms. The summed E-state index contributed by atoms with van der Waals surface area (Å²) < 4.78 is 9.46. The Bertz CT molecular complexity index is 1080. The van der Waals surface area contributed by atoms with Crippen molar-refractivity contribution in [3.05, 3.63) is 60.1 Å². The number of aromatic nitrogens is 4. The number of methoxy groups -OCH3 is 1. The first-order valence-electron chi connectivity index (χ1n) is 9.53. The summed E-state index contributed by atoms with van der Waals surface area (Å²) in [5.41, 5.74) is 2.60. The molecule has 0 bridgehead atoms. The van der Waals surface area contributed by atoms with Crippen LogP contribution in [-0.4, -0.2) is 45.3 Å². The minimum atomic E-state index is -0.141. The van der Waals surface area contributed by atoms with Gasteiger partial charge in [-0.15, -0.1) is 11.3 Å². The van der Waals surface area contributed by atoms with Crippen molar-refractivity contribution >= 4 is 28.1 Å². The van der Waals surface area contributed by atoms with Crippen LogP contribution in [0.5, 0.6) is 0 Å². The largest absolute Gasteiger partial charge is 0.383 e. The molecule has 1 amide bonds. The van der Waals surface area contributed by atoms with E-state index in [1.54, 1.807) is 19.6 Å². The van der Waals surface area contributed by atoms with Crippen LogP contribution in [-0.2, 0) is 17.8 Å². The number of para-hydroxylation sites is 1. The molecule has 0 fully saturated rings. The third-order valence-electron chi connectivity index (χ3n) is 4.72. The molecule has 0 unspecified atom stereocenters. The molecule has 4 rings (SSSR count). The lowest BCUT2D eigenvalue weighted by Crippen LogP contribution is -2.25. The van der Waals surface area contributed by atoms with Gasteiger partial charge in [0.2, 0.25) is 0 Å². The summed E-state index contributed by atoms with van der Waals surface area (Å²) in [7, 11) is 1.70. The summed E-state index contributed by atoms with van der Waals surface area (Å²) in [6.07, 6.45) is 6.28. The zero-order chi connectivity index (χ0) is 20.1. The number of benzene rings is 1. The van der Waals surface area contributed by atoms with Crippen molar-refractivity contribution in [2.75, 3.05) is 20.3 Å². The molecule has 3 aromatic heterocycles. The smallest absolute Gasteiger partial charge is 0.270 e. The molecule has 1 aromatic carbocycles. The third-order valence-corrected chi connectivity index (χ3v) is 5.59. The molecule has 0 atom stereocenters. The van der Waals surface area contributed by atoms with Crippen LogP contribution in [0.2, 0.25) is 0 Å². The summed E-state index contributed by atoms with van der Waals surface area (Å²) in [6, 6.07) is 10.4. The maximum atomic E-state index is 12.5. The fourth-order valence-electron chi connectivity index (χ4n) is 3.28. The highest BCUT2D eigenvalue weighted by Crippen LogP contribution is 2.30. The van der Waals surface area contributed by atoms with E-state index < -0.39 is 0 Å². The van der Waals surface area contributed by atoms with E-state index in [1.807, 2.05) is 28.3 Å². The molecule has 4 aromatic rings. The Hall–Kier alpha value is -2.97. The third kappa shape index (κ3) is 4.38. The molecule has 0 saturated carbocycles. The fraction of sp³-hybridized carbons (Fsp3) is 0.286. The number of carbonyl (C=O) groups excluding carboxylic acids is 1. The van der Waals surface area contributed by atoms with E-state index in [1.165, 1.54) is 11.3 Å². The van der Waals surface area contributed by atoms with Gasteiger partial charge in [0, 0.05) is 55.4 Å². The van der Waals surface area contributed by atoms with Gasteiger partial charge in [0.1, 0.15) is 10.7 Å². The number of carbonyl (C=O) groups is 1. The number of hydrogen-bond donors (Lipinski definition) is 1. The van der Waals surface area contributed by atoms with Crippen molar-refractivity contribution in [3.63, 3.8) is 0 Å². The van der Waals surface area contributed by atoms with Crippen LogP contribution in [0, 0.1) is 0 Å². The fourth-order valence-corrected chi connectivity index (χ4v) is 4.10. The Balaban J connectivity index is 1.46. The van der Waals surface area contributed by atoms with E-state index in [2.05, 4.69) is 38.1 Å². The molecular formula is C21H23N5O2S. The van der Waals surface area contributed by atoms with Gasteiger partial charge in [-0.25, -0.2) is 9.97 Å². The SMILES string of the molecule is COCCn1c(-c2nc(C(=O)NCCCn3ccnc3)cs2)cc2ccccc21. The number of nitrogens with one attached hydrogen (secondary N) is 1. The van der Waals surface area contributed by atoms with Gasteiger partial charge >= 0.3 is 0 Å². The second-order valence-electron chi connectivity index (χ2n) is 6.68. The first-order chi connectivity index (χ1) is 14.3. The van der Waals surface area contributed by atoms with Gasteiger partial charge in [-0.2, -0.15) is 0 Å². The first kappa shape index (κ1) is 19.4. The van der Waals surface area contributed by atoms with Crippen molar-refractivity contribution in [1.82, 2.24) is 24.4 Å². The predicted molar refractivity (Wildman–Crippen MR) is 114 cm³/mol. The minimum absolute atomic E-state index is 0.141. The van der Waals surface area contributed by atoms with E-state index >= 15 is 0 Å². The van der Waals surface area contributed by atoms with Crippen molar-refractivity contribution < 1.29 is 9.53 Å². The lowest BCUT2D eigenvalue weighted by Gasteiger charge is -2.08. The molecule has 0 aliphatic rings. The maximum Gasteiger partial charge on any atom is 0.270 e. The van der Waals surface area contributed by atoms with Gasteiger partial charge in [-0.1, -0.05) is 18.2 Å². The Labute approximate surface area is 173 Å². The van der Waals surface area contributed by atoms with E-state index in [4.69, 9.17) is 4.74 Å². The van der Waals surface area contributed by atoms with Crippen molar-refractivity contribution in [1.29, 1.82) is 0 Å². The lowest BCUT2D eigenvalue weighted by molar-refractivity contribution is 0.0948. The van der Waals surface area contributed by atoms with Gasteiger partial charge in [0.25, 0.3) is 5.91 Å². The van der Waals surface area contributed by atoms with E-state index in [-0.39, 0.29) is 5.91 Å². The van der Waals surface area contributed by atoms with Crippen LogP contribution in [0.4, 0.5) is 0 Å². The number of rotatable bonds is 9. The van der Waals surface area contributed by atoms with Crippen LogP contribution in [0.3, 0.4) is 0 Å². The number of ether oxygens (including phenoxy) is 1. The Morgan fingerprint density at radius 1 is 1.28 bits per heavy atom. The van der Waals surface area contributed by atoms with Crippen LogP contribution in [0.15, 0.2) is 54.4 Å². The highest BCUT2D eigenvalue weighted by molar-refractivity contribution is 7.13. The predicted octanol–water partition coefficient (Wildman–Crippen LogP) is 3.43. The van der Waals surface area contributed by atoms with E-state index in [0.29, 0.717) is 18.8 Å². The Morgan fingerprint density at radius 3 is 3.00 bits per heavy atom. The first-order valence-corrected chi connectivity index (χ1v) is 10.4. The molecule has 0 radical (unpaired) electrons. The normalized spacial score (nSPS) is 11.2. The molecule has 3 heterocycles. The van der Waals surface area contributed by atoms with Crippen molar-refractivity contribution in [3.8, 4) is 10.7 Å². The zero-order valence-electron chi connectivity index (χ0n) is 16.2. The van der Waals surface area contributed by atoms with Gasteiger partial charge in [0.15, 0.2) is 0 Å². The molecular weight excluding hydrogens is 386 g/mol. The second-order valence-corrected chi connectivity index (χ2v) is 7.54. The molecule has 1 N–H and O–H groups in total. The molecule has 8 heteroatoms. The molecule has 0 aliphatic carbocycles. The second kappa shape index (κ2) is 9.02. The summed E-state index contributed by atoms with van der Waals surface area (Å²) in [6.45, 7) is 2.76. The maximum absolute atomic E-state index is 12.5. The number of thiazole rings is 1. The number of amides is 1. The Morgan fingerprint density at radius 2 is 2.17 bits per heavy atom. The van der Waals surface area contributed by atoms with Crippen LogP contribution in [0.25, 0.3) is 21.6 Å². The van der Waals surface area contributed by atoms with E-state index in [9.17, 15) is 4.79 Å². The van der Waals surface area contributed by atoms with Crippen LogP contribution in [0.1, 0.15) is 16.9 Å². The van der Waals surface area contributed by atoms with E-state index in [0.717, 1.165) is 41.1 Å². The molecule has 0 spiro atoms. The average molecular weight is 410 g/mol. The summed E-state index contributed by atoms with van der Waals surface area (Å²) in [5.74, 6) is -0.141. The zero-order valence-corrected chi connectivity index (χ0v) is 17.1. The quantitative estimate of drug-likeness (QED) is 0.430. The van der Waals surface area contributed by atoms with Crippen molar-refractivity contribution in [2.45, 2.75) is 19.5 Å². The highest BCUT2D eigenvalue weighted by Gasteiger charge is 2.16. The molecule has 0 aliphatic heterocycles. The van der Waals surface area contributed by atoms with Gasteiger partial charge < -0.3 is 19.2 Å². The van der Waals surface area contributed by atoms with Crippen molar-refractivity contribution in [2.24, 2.45) is 0 Å². The van der Waals surface area contributed by atoms with Gasteiger partial charge in [-0.05, 0) is 18.6 Å². The lowest BCUT2D eigenvalue weighted by atomic mass is 10.2. The average Bonchev–Trinajstić information content (AvgIpc) is 3.49. The Kier molecular flexibility index (Phi) is 6.02. The highest BCUT2D eigenvalue weighted by atomic mass is 32.1. The summed E-state index contributed by atoms with van der Waals surface area (Å²) in [4.78, 5) is 21.1. The monoisotopic (exact) mass is 409 g/mol. The summed E-state index contributed by atoms with van der Waals surface area (Å²) in [5, 5.41) is 6.75. The van der Waals surface area contributed by atoms with Crippen LogP contribution >= 0.6 is 11.3 Å². The topological polar surface area (TPSA) is 74.0 Å². The molecule has 0 saturated heterocycles. The number of hydrogen-bond acceptors (Lipinski definition) is 5. The van der Waals surface area contributed by atoms with Gasteiger partial charge in [-0.3, -0.25) is 4.79 Å². The number of fused-ring (bicyclic) bond motifs is 1. The summed E-state index contributed by atoms with van der Waals surface area (Å²) >= 11 is 1.49. The number of nitrogens with zero attached hydrogens (tertiary/aromatic N) is 4. The standard InChI is InChI=1S/C21H23N5O2S/c1-28-12-11-26-18-6-3-2-5-16(18)13-19(26)21-24-17(14-29-21)20(27)23-7-4-9-25-10-8-22-15-25/h2-3,5-6,8,10,13-15H,4,7,9,11-12H2,1H3,(H,23,27).